The molecular formula is C18H22N6O3S. The van der Waals surface area contributed by atoms with Gasteiger partial charge in [-0.3, -0.25) is 9.78 Å². The summed E-state index contributed by atoms with van der Waals surface area (Å²) in [5, 5.41) is 2.52. The summed E-state index contributed by atoms with van der Waals surface area (Å²) >= 11 is 0. The van der Waals surface area contributed by atoms with E-state index in [0.717, 1.165) is 12.8 Å². The number of hydrogen-bond donors (Lipinski definition) is 1. The predicted octanol–water partition coefficient (Wildman–Crippen LogP) is 1.05. The molecule has 1 aliphatic heterocycles. The number of piperazine rings is 1. The molecule has 2 fully saturated rings. The number of nitrogens with one attached hydrogen (secondary N) is 1. The Kier molecular flexibility index (Phi) is 4.98. The van der Waals surface area contributed by atoms with Gasteiger partial charge in [-0.25, -0.2) is 18.4 Å². The number of anilines is 2. The van der Waals surface area contributed by atoms with Crippen LogP contribution in [0.25, 0.3) is 0 Å². The fraction of sp³-hybridized carbons (Fsp3) is 0.444. The second kappa shape index (κ2) is 7.44. The van der Waals surface area contributed by atoms with Crippen molar-refractivity contribution in [2.45, 2.75) is 25.0 Å². The maximum atomic E-state index is 12.6. The molecule has 1 amide bonds. The third kappa shape index (κ3) is 3.83. The zero-order chi connectivity index (χ0) is 19.7. The van der Waals surface area contributed by atoms with E-state index in [2.05, 4.69) is 20.3 Å². The predicted molar refractivity (Wildman–Crippen MR) is 105 cm³/mol. The topological polar surface area (TPSA) is 108 Å². The van der Waals surface area contributed by atoms with Crippen LogP contribution < -0.4 is 10.2 Å². The lowest BCUT2D eigenvalue weighted by Gasteiger charge is -2.34. The molecule has 0 aromatic carbocycles. The molecule has 1 saturated carbocycles. The smallest absolute Gasteiger partial charge is 0.277 e. The van der Waals surface area contributed by atoms with E-state index >= 15 is 0 Å². The second-order valence-electron chi connectivity index (χ2n) is 6.96. The molecule has 9 nitrogen and oxygen atoms in total. The quantitative estimate of drug-likeness (QED) is 0.796. The van der Waals surface area contributed by atoms with Gasteiger partial charge in [0.1, 0.15) is 11.6 Å². The van der Waals surface area contributed by atoms with Crippen LogP contribution in [0.4, 0.5) is 11.6 Å². The SMILES string of the molecule is Cc1ncc(N2CCN(S(=O)(=O)C3CC3)CC2)nc1C(=O)Nc1ccccn1. The molecular weight excluding hydrogens is 380 g/mol. The van der Waals surface area contributed by atoms with E-state index in [1.54, 1.807) is 41.8 Å². The van der Waals surface area contributed by atoms with Crippen molar-refractivity contribution in [1.82, 2.24) is 19.3 Å². The largest absolute Gasteiger partial charge is 0.353 e. The summed E-state index contributed by atoms with van der Waals surface area (Å²) in [5.74, 6) is 0.638. The van der Waals surface area contributed by atoms with E-state index in [9.17, 15) is 13.2 Å². The van der Waals surface area contributed by atoms with Gasteiger partial charge in [-0.05, 0) is 31.9 Å². The van der Waals surface area contributed by atoms with E-state index in [-0.39, 0.29) is 16.9 Å². The number of carbonyl (C=O) groups excluding carboxylic acids is 1. The minimum absolute atomic E-state index is 0.194. The van der Waals surface area contributed by atoms with E-state index in [4.69, 9.17) is 0 Å². The molecule has 0 spiro atoms. The van der Waals surface area contributed by atoms with E-state index in [1.165, 1.54) is 0 Å². The van der Waals surface area contributed by atoms with Gasteiger partial charge in [0.05, 0.1) is 17.1 Å². The Balaban J connectivity index is 1.46. The summed E-state index contributed by atoms with van der Waals surface area (Å²) in [4.78, 5) is 27.4. The molecule has 28 heavy (non-hydrogen) atoms. The maximum absolute atomic E-state index is 12.6. The lowest BCUT2D eigenvalue weighted by Crippen LogP contribution is -2.50. The third-order valence-electron chi connectivity index (χ3n) is 4.93. The van der Waals surface area contributed by atoms with Crippen molar-refractivity contribution in [2.75, 3.05) is 36.4 Å². The Bertz CT molecular complexity index is 970. The highest BCUT2D eigenvalue weighted by molar-refractivity contribution is 7.90. The monoisotopic (exact) mass is 402 g/mol. The molecule has 4 rings (SSSR count). The van der Waals surface area contributed by atoms with Gasteiger partial charge in [-0.2, -0.15) is 4.31 Å². The van der Waals surface area contributed by atoms with Crippen molar-refractivity contribution in [3.63, 3.8) is 0 Å². The van der Waals surface area contributed by atoms with Gasteiger partial charge in [0.2, 0.25) is 10.0 Å². The normalized spacial score (nSPS) is 18.1. The summed E-state index contributed by atoms with van der Waals surface area (Å²) in [5.41, 5.74) is 0.753. The lowest BCUT2D eigenvalue weighted by molar-refractivity contribution is 0.102. The molecule has 0 atom stereocenters. The van der Waals surface area contributed by atoms with Crippen LogP contribution in [-0.4, -0.2) is 65.0 Å². The fourth-order valence-corrected chi connectivity index (χ4v) is 4.99. The molecule has 10 heteroatoms. The van der Waals surface area contributed by atoms with Crippen LogP contribution in [0, 0.1) is 6.92 Å². The highest BCUT2D eigenvalue weighted by atomic mass is 32.2. The third-order valence-corrected chi connectivity index (χ3v) is 7.33. The van der Waals surface area contributed by atoms with Gasteiger partial charge in [0.25, 0.3) is 5.91 Å². The van der Waals surface area contributed by atoms with Gasteiger partial charge in [0.15, 0.2) is 5.69 Å². The summed E-state index contributed by atoms with van der Waals surface area (Å²) < 4.78 is 26.3. The molecule has 2 aliphatic rings. The van der Waals surface area contributed by atoms with Crippen molar-refractivity contribution in [3.05, 3.63) is 42.0 Å². The van der Waals surface area contributed by atoms with Crippen LogP contribution in [0.2, 0.25) is 0 Å². The average Bonchev–Trinajstić information content (AvgIpc) is 3.55. The molecule has 1 N–H and O–H groups in total. The molecule has 0 radical (unpaired) electrons. The van der Waals surface area contributed by atoms with Gasteiger partial charge in [0, 0.05) is 32.4 Å². The molecule has 0 bridgehead atoms. The molecule has 148 valence electrons. The van der Waals surface area contributed by atoms with Crippen LogP contribution in [0.1, 0.15) is 29.0 Å². The van der Waals surface area contributed by atoms with Crippen molar-refractivity contribution in [1.29, 1.82) is 0 Å². The Labute approximate surface area is 163 Å². The summed E-state index contributed by atoms with van der Waals surface area (Å²) in [7, 11) is -3.16. The second-order valence-corrected chi connectivity index (χ2v) is 9.17. The van der Waals surface area contributed by atoms with Crippen molar-refractivity contribution >= 4 is 27.6 Å². The summed E-state index contributed by atoms with van der Waals surface area (Å²) in [6.45, 7) is 3.61. The number of sulfonamides is 1. The molecule has 1 aliphatic carbocycles. The highest BCUT2D eigenvalue weighted by Crippen LogP contribution is 2.31. The maximum Gasteiger partial charge on any atom is 0.277 e. The zero-order valence-corrected chi connectivity index (χ0v) is 16.4. The van der Waals surface area contributed by atoms with Crippen LogP contribution in [0.5, 0.6) is 0 Å². The van der Waals surface area contributed by atoms with Crippen LogP contribution in [0.15, 0.2) is 30.6 Å². The Morgan fingerprint density at radius 1 is 1.14 bits per heavy atom. The van der Waals surface area contributed by atoms with Crippen LogP contribution in [-0.2, 0) is 10.0 Å². The van der Waals surface area contributed by atoms with Crippen LogP contribution in [0.3, 0.4) is 0 Å². The standard InChI is InChI=1S/C18H22N6O3S/c1-13-17(18(25)21-15-4-2-3-7-19-15)22-16(12-20-13)23-8-10-24(11-9-23)28(26,27)14-5-6-14/h2-4,7,12,14H,5-6,8-11H2,1H3,(H,19,21,25). The van der Waals surface area contributed by atoms with Gasteiger partial charge >= 0.3 is 0 Å². The molecule has 0 unspecified atom stereocenters. The number of rotatable bonds is 5. The minimum Gasteiger partial charge on any atom is -0.353 e. The number of amides is 1. The molecule has 2 aromatic heterocycles. The first-order chi connectivity index (χ1) is 13.4. The lowest BCUT2D eigenvalue weighted by atomic mass is 10.3. The number of carbonyl (C=O) groups is 1. The number of aryl methyl sites for hydroxylation is 1. The number of hydrogen-bond acceptors (Lipinski definition) is 7. The molecule has 1 saturated heterocycles. The Morgan fingerprint density at radius 3 is 2.54 bits per heavy atom. The van der Waals surface area contributed by atoms with E-state index < -0.39 is 10.0 Å². The first-order valence-corrected chi connectivity index (χ1v) is 10.8. The van der Waals surface area contributed by atoms with Crippen molar-refractivity contribution < 1.29 is 13.2 Å². The van der Waals surface area contributed by atoms with Crippen molar-refractivity contribution in [3.8, 4) is 0 Å². The fourth-order valence-electron chi connectivity index (χ4n) is 3.17. The Morgan fingerprint density at radius 2 is 1.89 bits per heavy atom. The van der Waals surface area contributed by atoms with E-state index in [1.807, 2.05) is 4.90 Å². The van der Waals surface area contributed by atoms with Crippen molar-refractivity contribution in [2.24, 2.45) is 0 Å². The molecule has 3 heterocycles. The summed E-state index contributed by atoms with van der Waals surface area (Å²) in [6, 6.07) is 5.25. The van der Waals surface area contributed by atoms with Gasteiger partial charge in [-0.1, -0.05) is 6.07 Å². The van der Waals surface area contributed by atoms with Crippen LogP contribution >= 0.6 is 0 Å². The number of pyridine rings is 1. The minimum atomic E-state index is -3.16. The first kappa shape index (κ1) is 18.8. The zero-order valence-electron chi connectivity index (χ0n) is 15.6. The first-order valence-electron chi connectivity index (χ1n) is 9.25. The highest BCUT2D eigenvalue weighted by Gasteiger charge is 2.41. The average molecular weight is 402 g/mol. The summed E-state index contributed by atoms with van der Waals surface area (Å²) in [6.07, 6.45) is 4.75. The van der Waals surface area contributed by atoms with Gasteiger partial charge in [-0.15, -0.1) is 0 Å². The Hall–Kier alpha value is -2.59. The van der Waals surface area contributed by atoms with Gasteiger partial charge < -0.3 is 10.2 Å². The number of nitrogens with zero attached hydrogens (tertiary/aromatic N) is 5. The molecule has 2 aromatic rings. The number of aromatic nitrogens is 3. The van der Waals surface area contributed by atoms with E-state index in [0.29, 0.717) is 43.5 Å².